The number of nitrogens with zero attached hydrogens (tertiary/aromatic N) is 3. The number of anilines is 1. The molecule has 1 atom stereocenters. The fourth-order valence-electron chi connectivity index (χ4n) is 4.13. The topological polar surface area (TPSA) is 43.9 Å². The van der Waals surface area contributed by atoms with Crippen molar-refractivity contribution >= 4 is 17.5 Å². The average molecular weight is 357 g/mol. The zero-order valence-corrected chi connectivity index (χ0v) is 16.1. The van der Waals surface area contributed by atoms with E-state index in [9.17, 15) is 9.59 Å². The molecule has 2 aliphatic rings. The van der Waals surface area contributed by atoms with Crippen LogP contribution in [-0.2, 0) is 9.59 Å². The summed E-state index contributed by atoms with van der Waals surface area (Å²) in [6.07, 6.45) is 4.34. The van der Waals surface area contributed by atoms with Gasteiger partial charge in [0.2, 0.25) is 11.8 Å². The molecule has 0 saturated carbocycles. The molecule has 0 N–H and O–H groups in total. The van der Waals surface area contributed by atoms with Crippen molar-refractivity contribution in [3.63, 3.8) is 0 Å². The lowest BCUT2D eigenvalue weighted by Gasteiger charge is -2.38. The molecular weight excluding hydrogens is 326 g/mol. The summed E-state index contributed by atoms with van der Waals surface area (Å²) in [6, 6.07) is 8.79. The Morgan fingerprint density at radius 3 is 2.50 bits per heavy atom. The van der Waals surface area contributed by atoms with E-state index in [2.05, 4.69) is 43.0 Å². The molecule has 5 heteroatoms. The summed E-state index contributed by atoms with van der Waals surface area (Å²) in [5, 5.41) is 0. The summed E-state index contributed by atoms with van der Waals surface area (Å²) >= 11 is 0. The largest absolute Gasteiger partial charge is 0.368 e. The molecule has 3 rings (SSSR count). The van der Waals surface area contributed by atoms with Crippen LogP contribution in [0.1, 0.15) is 44.6 Å². The van der Waals surface area contributed by atoms with Gasteiger partial charge in [-0.15, -0.1) is 0 Å². The summed E-state index contributed by atoms with van der Waals surface area (Å²) in [5.74, 6) is 0.00184. The molecule has 0 radical (unpaired) electrons. The van der Waals surface area contributed by atoms with Crippen molar-refractivity contribution in [3.8, 4) is 0 Å². The maximum absolute atomic E-state index is 12.6. The number of piperazine rings is 1. The first-order valence-electron chi connectivity index (χ1n) is 9.97. The van der Waals surface area contributed by atoms with Crippen molar-refractivity contribution in [1.82, 2.24) is 9.80 Å². The van der Waals surface area contributed by atoms with E-state index in [1.807, 2.05) is 9.80 Å². The first-order chi connectivity index (χ1) is 12.6. The minimum absolute atomic E-state index is 0.0145. The zero-order chi connectivity index (χ0) is 18.5. The number of carbonyl (C=O) groups excluding carboxylic acids is 2. The number of likely N-dealkylation sites (tertiary alicyclic amines) is 1. The van der Waals surface area contributed by atoms with Gasteiger partial charge in [-0.1, -0.05) is 19.1 Å². The van der Waals surface area contributed by atoms with Crippen LogP contribution in [0.4, 0.5) is 5.69 Å². The molecule has 5 nitrogen and oxygen atoms in total. The highest BCUT2D eigenvalue weighted by molar-refractivity contribution is 5.97. The highest BCUT2D eigenvalue weighted by Gasteiger charge is 2.29. The molecule has 2 saturated heterocycles. The quantitative estimate of drug-likeness (QED) is 0.779. The third-order valence-corrected chi connectivity index (χ3v) is 5.72. The van der Waals surface area contributed by atoms with Crippen molar-refractivity contribution in [2.24, 2.45) is 0 Å². The first kappa shape index (κ1) is 18.7. The highest BCUT2D eigenvalue weighted by atomic mass is 16.2. The third kappa shape index (κ3) is 4.37. The summed E-state index contributed by atoms with van der Waals surface area (Å²) in [4.78, 5) is 31.3. The number of amides is 2. The molecule has 2 heterocycles. The van der Waals surface area contributed by atoms with E-state index in [1.165, 1.54) is 17.7 Å². The molecule has 0 spiro atoms. The van der Waals surface area contributed by atoms with Gasteiger partial charge in [-0.3, -0.25) is 9.59 Å². The number of aryl methyl sites for hydroxylation is 1. The van der Waals surface area contributed by atoms with Crippen molar-refractivity contribution in [2.45, 2.75) is 52.0 Å². The normalized spacial score (nSPS) is 21.0. The van der Waals surface area contributed by atoms with Crippen LogP contribution in [0.15, 0.2) is 24.3 Å². The second-order valence-corrected chi connectivity index (χ2v) is 7.53. The van der Waals surface area contributed by atoms with Gasteiger partial charge in [0.1, 0.15) is 6.42 Å². The van der Waals surface area contributed by atoms with Crippen LogP contribution in [0, 0.1) is 6.92 Å². The monoisotopic (exact) mass is 357 g/mol. The lowest BCUT2D eigenvalue weighted by molar-refractivity contribution is -0.143. The van der Waals surface area contributed by atoms with Gasteiger partial charge in [0.25, 0.3) is 0 Å². The average Bonchev–Trinajstić information content (AvgIpc) is 2.68. The van der Waals surface area contributed by atoms with E-state index in [1.54, 1.807) is 0 Å². The molecule has 2 amide bonds. The summed E-state index contributed by atoms with van der Waals surface area (Å²) in [6.45, 7) is 8.07. The van der Waals surface area contributed by atoms with Crippen LogP contribution in [0.25, 0.3) is 0 Å². The second-order valence-electron chi connectivity index (χ2n) is 7.53. The van der Waals surface area contributed by atoms with Gasteiger partial charge >= 0.3 is 0 Å². The Labute approximate surface area is 156 Å². The Balaban J connectivity index is 1.51. The second kappa shape index (κ2) is 8.56. The van der Waals surface area contributed by atoms with Crippen molar-refractivity contribution in [2.75, 3.05) is 37.6 Å². The minimum Gasteiger partial charge on any atom is -0.368 e. The maximum Gasteiger partial charge on any atom is 0.232 e. The predicted octanol–water partition coefficient (Wildman–Crippen LogP) is 2.82. The minimum atomic E-state index is -0.0145. The lowest BCUT2D eigenvalue weighted by atomic mass is 9.99. The highest BCUT2D eigenvalue weighted by Crippen LogP contribution is 2.21. The van der Waals surface area contributed by atoms with E-state index in [0.29, 0.717) is 19.1 Å². The van der Waals surface area contributed by atoms with E-state index in [4.69, 9.17) is 0 Å². The lowest BCUT2D eigenvalue weighted by Crippen LogP contribution is -2.50. The number of hydrogen-bond donors (Lipinski definition) is 0. The molecule has 0 aliphatic carbocycles. The maximum atomic E-state index is 12.6. The van der Waals surface area contributed by atoms with Gasteiger partial charge in [0, 0.05) is 44.5 Å². The van der Waals surface area contributed by atoms with Gasteiger partial charge in [-0.25, -0.2) is 0 Å². The summed E-state index contributed by atoms with van der Waals surface area (Å²) in [7, 11) is 0. The number of hydrogen-bond acceptors (Lipinski definition) is 3. The van der Waals surface area contributed by atoms with Crippen LogP contribution >= 0.6 is 0 Å². The number of benzene rings is 1. The fourth-order valence-corrected chi connectivity index (χ4v) is 4.13. The Hall–Kier alpha value is -2.04. The third-order valence-electron chi connectivity index (χ3n) is 5.72. The molecule has 142 valence electrons. The zero-order valence-electron chi connectivity index (χ0n) is 16.1. The van der Waals surface area contributed by atoms with Crippen molar-refractivity contribution in [1.29, 1.82) is 0 Å². The Morgan fingerprint density at radius 1 is 1.04 bits per heavy atom. The van der Waals surface area contributed by atoms with E-state index in [0.717, 1.165) is 38.9 Å². The molecule has 0 aromatic heterocycles. The van der Waals surface area contributed by atoms with E-state index < -0.39 is 0 Å². The molecule has 26 heavy (non-hydrogen) atoms. The smallest absolute Gasteiger partial charge is 0.232 e. The molecule has 0 bridgehead atoms. The van der Waals surface area contributed by atoms with Gasteiger partial charge in [-0.05, 0) is 50.3 Å². The van der Waals surface area contributed by atoms with Gasteiger partial charge in [-0.2, -0.15) is 0 Å². The van der Waals surface area contributed by atoms with Crippen molar-refractivity contribution < 1.29 is 9.59 Å². The summed E-state index contributed by atoms with van der Waals surface area (Å²) in [5.41, 5.74) is 2.46. The molecule has 1 aromatic rings. The fraction of sp³-hybridized carbons (Fsp3) is 0.619. The van der Waals surface area contributed by atoms with Gasteiger partial charge in [0.15, 0.2) is 0 Å². The van der Waals surface area contributed by atoms with Gasteiger partial charge < -0.3 is 14.7 Å². The van der Waals surface area contributed by atoms with Gasteiger partial charge in [0.05, 0.1) is 0 Å². The van der Waals surface area contributed by atoms with Crippen LogP contribution < -0.4 is 4.90 Å². The van der Waals surface area contributed by atoms with E-state index >= 15 is 0 Å². The number of rotatable bonds is 4. The predicted molar refractivity (Wildman–Crippen MR) is 104 cm³/mol. The molecule has 2 fully saturated rings. The molecule has 2 aliphatic heterocycles. The van der Waals surface area contributed by atoms with Crippen LogP contribution in [0.5, 0.6) is 0 Å². The van der Waals surface area contributed by atoms with Crippen LogP contribution in [0.2, 0.25) is 0 Å². The standard InChI is InChI=1S/C21H31N3O2/c1-3-18-8-4-5-10-24(18)21(26)16-20(25)23-13-11-22(12-14-23)19-9-6-7-17(2)15-19/h6-7,9,15,18H,3-5,8,10-14,16H2,1-2H3. The van der Waals surface area contributed by atoms with E-state index in [-0.39, 0.29) is 18.2 Å². The summed E-state index contributed by atoms with van der Waals surface area (Å²) < 4.78 is 0. The van der Waals surface area contributed by atoms with Crippen LogP contribution in [0.3, 0.4) is 0 Å². The van der Waals surface area contributed by atoms with Crippen molar-refractivity contribution in [3.05, 3.63) is 29.8 Å². The molecule has 1 aromatic carbocycles. The number of carbonyl (C=O) groups is 2. The Morgan fingerprint density at radius 2 is 1.81 bits per heavy atom. The first-order valence-corrected chi connectivity index (χ1v) is 9.97. The van der Waals surface area contributed by atoms with Crippen LogP contribution in [-0.4, -0.2) is 60.4 Å². The molecular formula is C21H31N3O2. The SMILES string of the molecule is CCC1CCCCN1C(=O)CC(=O)N1CCN(c2cccc(C)c2)CC1. The Kier molecular flexibility index (Phi) is 6.17. The Bertz CT molecular complexity index is 638. The molecule has 1 unspecified atom stereocenters. The number of piperidine rings is 1.